The Balaban J connectivity index is 3.46. The molecule has 1 unspecified atom stereocenters. The first-order valence-electron chi connectivity index (χ1n) is 3.00. The first-order valence-corrected chi connectivity index (χ1v) is 3.00. The summed E-state index contributed by atoms with van der Waals surface area (Å²) >= 11 is 0. The first-order chi connectivity index (χ1) is 3.72. The molecule has 1 nitrogen and oxygen atoms in total. The molecule has 0 aromatic heterocycles. The van der Waals surface area contributed by atoms with Crippen LogP contribution in [0.4, 0.5) is 0 Å². The minimum Gasteiger partial charge on any atom is -0.396 e. The molecule has 0 aliphatic heterocycles. The van der Waals surface area contributed by atoms with Crippen molar-refractivity contribution in [1.82, 2.24) is 0 Å². The fourth-order valence-corrected chi connectivity index (χ4v) is 0.478. The van der Waals surface area contributed by atoms with Crippen LogP contribution in [0.25, 0.3) is 0 Å². The van der Waals surface area contributed by atoms with Crippen LogP contribution in [0.15, 0.2) is 12.2 Å². The van der Waals surface area contributed by atoms with Gasteiger partial charge in [-0.3, -0.25) is 0 Å². The third-order valence-corrected chi connectivity index (χ3v) is 1.42. The van der Waals surface area contributed by atoms with Crippen LogP contribution in [0.2, 0.25) is 0 Å². The minimum atomic E-state index is 0.229. The molecule has 0 rings (SSSR count). The molecule has 0 aromatic carbocycles. The molecule has 0 aromatic rings. The molecule has 1 N–H and O–H groups in total. The van der Waals surface area contributed by atoms with Gasteiger partial charge in [-0.1, -0.05) is 26.0 Å². The Labute approximate surface area is 51.0 Å². The van der Waals surface area contributed by atoms with Crippen molar-refractivity contribution in [3.05, 3.63) is 12.2 Å². The van der Waals surface area contributed by atoms with Gasteiger partial charge in [-0.15, -0.1) is 0 Å². The van der Waals surface area contributed by atoms with E-state index in [9.17, 15) is 0 Å². The van der Waals surface area contributed by atoms with Gasteiger partial charge in [0.25, 0.3) is 0 Å². The van der Waals surface area contributed by atoms with E-state index in [2.05, 4.69) is 13.5 Å². The molecule has 0 fully saturated rings. The maximum Gasteiger partial charge on any atom is 0.0493 e. The lowest BCUT2D eigenvalue weighted by Gasteiger charge is -2.07. The first kappa shape index (κ1) is 7.70. The number of aliphatic hydroxyl groups excluding tert-OH is 1. The van der Waals surface area contributed by atoms with E-state index in [1.165, 1.54) is 0 Å². The van der Waals surface area contributed by atoms with Crippen LogP contribution in [0.1, 0.15) is 20.3 Å². The number of aliphatic hydroxyl groups is 1. The van der Waals surface area contributed by atoms with E-state index in [4.69, 9.17) is 5.11 Å². The molecule has 0 spiro atoms. The second kappa shape index (κ2) is 3.67. The van der Waals surface area contributed by atoms with Gasteiger partial charge in [0.15, 0.2) is 0 Å². The molecule has 0 bridgehead atoms. The summed E-state index contributed by atoms with van der Waals surface area (Å²) < 4.78 is 0. The van der Waals surface area contributed by atoms with Crippen LogP contribution in [-0.2, 0) is 0 Å². The summed E-state index contributed by atoms with van der Waals surface area (Å²) in [5.74, 6) is 0.278. The molecule has 0 aliphatic rings. The normalized spacial score (nSPS) is 13.4. The molecule has 0 saturated heterocycles. The molecule has 0 heterocycles. The van der Waals surface area contributed by atoms with Crippen molar-refractivity contribution in [2.24, 2.45) is 5.92 Å². The molecule has 48 valence electrons. The summed E-state index contributed by atoms with van der Waals surface area (Å²) in [6, 6.07) is 0. The summed E-state index contributed by atoms with van der Waals surface area (Å²) in [6.07, 6.45) is 0.974. The van der Waals surface area contributed by atoms with Gasteiger partial charge in [-0.25, -0.2) is 0 Å². The molecule has 0 amide bonds. The van der Waals surface area contributed by atoms with Crippen LogP contribution in [-0.4, -0.2) is 11.7 Å². The maximum absolute atomic E-state index is 8.58. The van der Waals surface area contributed by atoms with E-state index in [1.807, 2.05) is 6.92 Å². The van der Waals surface area contributed by atoms with Gasteiger partial charge >= 0.3 is 0 Å². The molecule has 0 radical (unpaired) electrons. The van der Waals surface area contributed by atoms with Crippen molar-refractivity contribution in [3.63, 3.8) is 0 Å². The van der Waals surface area contributed by atoms with Gasteiger partial charge in [0.2, 0.25) is 0 Å². The highest BCUT2D eigenvalue weighted by atomic mass is 16.3. The van der Waals surface area contributed by atoms with Crippen molar-refractivity contribution in [3.8, 4) is 0 Å². The van der Waals surface area contributed by atoms with Crippen LogP contribution < -0.4 is 0 Å². The van der Waals surface area contributed by atoms with Gasteiger partial charge in [0, 0.05) is 6.61 Å². The van der Waals surface area contributed by atoms with E-state index >= 15 is 0 Å². The monoisotopic (exact) mass is 114 g/mol. The third kappa shape index (κ3) is 2.12. The Morgan fingerprint density at radius 3 is 2.38 bits per heavy atom. The zero-order valence-electron chi connectivity index (χ0n) is 5.65. The van der Waals surface area contributed by atoms with Gasteiger partial charge in [-0.2, -0.15) is 0 Å². The Hall–Kier alpha value is -0.300. The fourth-order valence-electron chi connectivity index (χ4n) is 0.478. The third-order valence-electron chi connectivity index (χ3n) is 1.42. The van der Waals surface area contributed by atoms with E-state index in [0.717, 1.165) is 12.0 Å². The number of hydrogen-bond acceptors (Lipinski definition) is 1. The smallest absolute Gasteiger partial charge is 0.0493 e. The molecule has 0 aliphatic carbocycles. The largest absolute Gasteiger partial charge is 0.396 e. The zero-order chi connectivity index (χ0) is 6.57. The van der Waals surface area contributed by atoms with Gasteiger partial charge < -0.3 is 5.11 Å². The van der Waals surface area contributed by atoms with Crippen molar-refractivity contribution in [2.75, 3.05) is 6.61 Å². The molecule has 0 saturated carbocycles. The lowest BCUT2D eigenvalue weighted by molar-refractivity contribution is 0.254. The van der Waals surface area contributed by atoms with Gasteiger partial charge in [0.05, 0.1) is 0 Å². The van der Waals surface area contributed by atoms with E-state index < -0.39 is 0 Å². The zero-order valence-corrected chi connectivity index (χ0v) is 5.65. The average molecular weight is 114 g/mol. The standard InChI is InChI=1S/C7H14O/c1-4-6(2)7(3)5-8/h7-8H,2,4-5H2,1,3H3. The lowest BCUT2D eigenvalue weighted by Crippen LogP contribution is -2.01. The quantitative estimate of drug-likeness (QED) is 0.552. The molecule has 1 heteroatoms. The minimum absolute atomic E-state index is 0.229. The number of hydrogen-bond donors (Lipinski definition) is 1. The fraction of sp³-hybridized carbons (Fsp3) is 0.714. The van der Waals surface area contributed by atoms with Crippen LogP contribution >= 0.6 is 0 Å². The number of rotatable bonds is 3. The van der Waals surface area contributed by atoms with Crippen molar-refractivity contribution in [1.29, 1.82) is 0 Å². The highest BCUT2D eigenvalue weighted by Gasteiger charge is 2.00. The second-order valence-electron chi connectivity index (χ2n) is 2.10. The second-order valence-corrected chi connectivity index (χ2v) is 2.10. The Morgan fingerprint density at radius 2 is 2.25 bits per heavy atom. The average Bonchev–Trinajstić information content (AvgIpc) is 1.84. The Bertz CT molecular complexity index is 76.5. The molecular formula is C7H14O. The van der Waals surface area contributed by atoms with Crippen molar-refractivity contribution in [2.45, 2.75) is 20.3 Å². The lowest BCUT2D eigenvalue weighted by atomic mass is 10.0. The predicted octanol–water partition coefficient (Wildman–Crippen LogP) is 1.58. The highest BCUT2D eigenvalue weighted by molar-refractivity contribution is 4.97. The molecular weight excluding hydrogens is 100 g/mol. The summed E-state index contributed by atoms with van der Waals surface area (Å²) in [5, 5.41) is 8.58. The molecule has 1 atom stereocenters. The van der Waals surface area contributed by atoms with E-state index in [0.29, 0.717) is 0 Å². The Kier molecular flexibility index (Phi) is 3.53. The summed E-state index contributed by atoms with van der Waals surface area (Å²) in [5.41, 5.74) is 1.13. The van der Waals surface area contributed by atoms with Crippen molar-refractivity contribution < 1.29 is 5.11 Å². The SMILES string of the molecule is C=C(CC)C(C)CO. The van der Waals surface area contributed by atoms with E-state index in [1.54, 1.807) is 0 Å². The summed E-state index contributed by atoms with van der Waals surface area (Å²) in [6.45, 7) is 8.04. The summed E-state index contributed by atoms with van der Waals surface area (Å²) in [4.78, 5) is 0. The van der Waals surface area contributed by atoms with Crippen LogP contribution in [0.3, 0.4) is 0 Å². The van der Waals surface area contributed by atoms with Crippen LogP contribution in [0, 0.1) is 5.92 Å². The highest BCUT2D eigenvalue weighted by Crippen LogP contribution is 2.09. The topological polar surface area (TPSA) is 20.2 Å². The van der Waals surface area contributed by atoms with Gasteiger partial charge in [-0.05, 0) is 12.3 Å². The molecule has 8 heavy (non-hydrogen) atoms. The Morgan fingerprint density at radius 1 is 1.75 bits per heavy atom. The van der Waals surface area contributed by atoms with Crippen LogP contribution in [0.5, 0.6) is 0 Å². The maximum atomic E-state index is 8.58. The predicted molar refractivity (Wildman–Crippen MR) is 35.7 cm³/mol. The van der Waals surface area contributed by atoms with Crippen molar-refractivity contribution >= 4 is 0 Å². The van der Waals surface area contributed by atoms with Gasteiger partial charge in [0.1, 0.15) is 0 Å². The van der Waals surface area contributed by atoms with E-state index in [-0.39, 0.29) is 12.5 Å². The summed E-state index contributed by atoms with van der Waals surface area (Å²) in [7, 11) is 0.